The number of rotatable bonds is 3. The Kier molecular flexibility index (Phi) is 3.50. The summed E-state index contributed by atoms with van der Waals surface area (Å²) in [5, 5.41) is 19.5. The average molecular weight is 261 g/mol. The van der Waals surface area contributed by atoms with Crippen molar-refractivity contribution in [2.75, 3.05) is 0 Å². The maximum absolute atomic E-state index is 12.9. The Hall–Kier alpha value is -1.13. The average Bonchev–Trinajstić information content (AvgIpc) is 2.16. The Morgan fingerprint density at radius 3 is 2.29 bits per heavy atom. The Balaban J connectivity index is 3.35. The van der Waals surface area contributed by atoms with Crippen LogP contribution in [0.4, 0.5) is 4.39 Å². The van der Waals surface area contributed by atoms with E-state index < -0.39 is 22.8 Å². The Labute approximate surface area is 104 Å². The first-order valence-electron chi connectivity index (χ1n) is 5.02. The molecule has 5 heteroatoms. The minimum absolute atomic E-state index is 0.00400. The topological polar surface area (TPSA) is 57.5 Å². The van der Waals surface area contributed by atoms with Crippen molar-refractivity contribution in [2.24, 2.45) is 5.41 Å². The van der Waals surface area contributed by atoms with E-state index in [0.29, 0.717) is 0 Å². The van der Waals surface area contributed by atoms with E-state index in [-0.39, 0.29) is 10.6 Å². The molecule has 1 aromatic carbocycles. The van der Waals surface area contributed by atoms with Crippen LogP contribution in [0.5, 0.6) is 0 Å². The van der Waals surface area contributed by atoms with Gasteiger partial charge in [0.1, 0.15) is 11.4 Å². The molecular formula is C12H14ClFO3. The Morgan fingerprint density at radius 1 is 1.35 bits per heavy atom. The smallest absolute Gasteiger partial charge is 0.312 e. The van der Waals surface area contributed by atoms with Gasteiger partial charge in [-0.3, -0.25) is 4.79 Å². The van der Waals surface area contributed by atoms with E-state index in [9.17, 15) is 14.3 Å². The highest BCUT2D eigenvalue weighted by Crippen LogP contribution is 2.42. The molecule has 0 saturated heterocycles. The third-order valence-corrected chi connectivity index (χ3v) is 3.52. The minimum Gasteiger partial charge on any atom is -0.481 e. The fourth-order valence-electron chi connectivity index (χ4n) is 1.43. The highest BCUT2D eigenvalue weighted by molar-refractivity contribution is 6.31. The van der Waals surface area contributed by atoms with Gasteiger partial charge in [-0.05, 0) is 32.9 Å². The lowest BCUT2D eigenvalue weighted by atomic mass is 9.72. The number of hydrogen-bond donors (Lipinski definition) is 2. The zero-order valence-electron chi connectivity index (χ0n) is 9.79. The van der Waals surface area contributed by atoms with E-state index in [0.717, 1.165) is 12.1 Å². The monoisotopic (exact) mass is 260 g/mol. The lowest BCUT2D eigenvalue weighted by Gasteiger charge is -2.37. The van der Waals surface area contributed by atoms with Crippen LogP contribution in [0, 0.1) is 11.2 Å². The van der Waals surface area contributed by atoms with Crippen LogP contribution >= 0.6 is 11.6 Å². The predicted molar refractivity (Wildman–Crippen MR) is 62.4 cm³/mol. The summed E-state index contributed by atoms with van der Waals surface area (Å²) in [5.41, 5.74) is -2.97. The fraction of sp³-hybridized carbons (Fsp3) is 0.417. The van der Waals surface area contributed by atoms with Crippen LogP contribution in [-0.4, -0.2) is 16.2 Å². The molecule has 2 N–H and O–H groups in total. The van der Waals surface area contributed by atoms with Crippen molar-refractivity contribution in [1.82, 2.24) is 0 Å². The molecule has 94 valence electrons. The fourth-order valence-corrected chi connectivity index (χ4v) is 1.78. The molecule has 0 aliphatic carbocycles. The van der Waals surface area contributed by atoms with Crippen LogP contribution in [0.25, 0.3) is 0 Å². The molecule has 0 aromatic heterocycles. The third kappa shape index (κ3) is 2.28. The molecule has 0 aliphatic rings. The molecule has 1 atom stereocenters. The molecule has 0 amide bonds. The lowest BCUT2D eigenvalue weighted by Crippen LogP contribution is -2.45. The van der Waals surface area contributed by atoms with Gasteiger partial charge < -0.3 is 10.2 Å². The quantitative estimate of drug-likeness (QED) is 0.879. The first-order chi connectivity index (χ1) is 7.60. The first-order valence-corrected chi connectivity index (χ1v) is 5.40. The second-order valence-corrected chi connectivity index (χ2v) is 5.03. The molecular weight excluding hydrogens is 247 g/mol. The molecule has 0 aliphatic heterocycles. The van der Waals surface area contributed by atoms with E-state index in [2.05, 4.69) is 0 Å². The van der Waals surface area contributed by atoms with E-state index in [1.807, 2.05) is 0 Å². The van der Waals surface area contributed by atoms with Gasteiger partial charge in [0.25, 0.3) is 0 Å². The maximum Gasteiger partial charge on any atom is 0.312 e. The van der Waals surface area contributed by atoms with Crippen LogP contribution in [0.3, 0.4) is 0 Å². The van der Waals surface area contributed by atoms with Crippen molar-refractivity contribution in [2.45, 2.75) is 26.4 Å². The molecule has 0 saturated carbocycles. The molecule has 0 spiro atoms. The zero-order chi connectivity index (χ0) is 13.4. The summed E-state index contributed by atoms with van der Waals surface area (Å²) < 4.78 is 12.9. The second-order valence-electron chi connectivity index (χ2n) is 4.63. The van der Waals surface area contributed by atoms with Gasteiger partial charge >= 0.3 is 5.97 Å². The van der Waals surface area contributed by atoms with Crippen molar-refractivity contribution < 1.29 is 19.4 Å². The number of carbonyl (C=O) groups is 1. The van der Waals surface area contributed by atoms with Crippen LogP contribution < -0.4 is 0 Å². The number of halogens is 2. The zero-order valence-corrected chi connectivity index (χ0v) is 10.5. The van der Waals surface area contributed by atoms with Gasteiger partial charge in [-0.2, -0.15) is 0 Å². The number of aliphatic carboxylic acids is 1. The van der Waals surface area contributed by atoms with E-state index >= 15 is 0 Å². The Morgan fingerprint density at radius 2 is 1.88 bits per heavy atom. The van der Waals surface area contributed by atoms with Gasteiger partial charge in [-0.1, -0.05) is 17.7 Å². The van der Waals surface area contributed by atoms with Gasteiger partial charge in [0, 0.05) is 10.6 Å². The number of aliphatic hydroxyl groups is 1. The lowest BCUT2D eigenvalue weighted by molar-refractivity contribution is -0.164. The summed E-state index contributed by atoms with van der Waals surface area (Å²) in [6.07, 6.45) is 0. The molecule has 0 heterocycles. The van der Waals surface area contributed by atoms with Gasteiger partial charge in [0.2, 0.25) is 0 Å². The largest absolute Gasteiger partial charge is 0.481 e. The highest BCUT2D eigenvalue weighted by atomic mass is 35.5. The molecule has 1 unspecified atom stereocenters. The van der Waals surface area contributed by atoms with Crippen LogP contribution in [0.1, 0.15) is 26.3 Å². The molecule has 1 aromatic rings. The summed E-state index contributed by atoms with van der Waals surface area (Å²) in [4.78, 5) is 11.1. The summed E-state index contributed by atoms with van der Waals surface area (Å²) in [5.74, 6) is -1.70. The highest BCUT2D eigenvalue weighted by Gasteiger charge is 2.47. The number of carboxylic acids is 1. The standard InChI is InChI=1S/C12H14ClFO3/c1-11(2,10(15)16)12(3,17)8-5-4-7(14)6-9(8)13/h4-6,17H,1-3H3,(H,15,16). The normalized spacial score (nSPS) is 15.4. The second kappa shape index (κ2) is 4.27. The number of hydrogen-bond acceptors (Lipinski definition) is 2. The first kappa shape index (κ1) is 13.9. The molecule has 3 nitrogen and oxygen atoms in total. The molecule has 1 rings (SSSR count). The van der Waals surface area contributed by atoms with E-state index in [4.69, 9.17) is 16.7 Å². The third-order valence-electron chi connectivity index (χ3n) is 3.21. The van der Waals surface area contributed by atoms with E-state index in [1.165, 1.54) is 26.8 Å². The van der Waals surface area contributed by atoms with Crippen LogP contribution in [0.15, 0.2) is 18.2 Å². The van der Waals surface area contributed by atoms with Crippen LogP contribution in [-0.2, 0) is 10.4 Å². The molecule has 17 heavy (non-hydrogen) atoms. The van der Waals surface area contributed by atoms with Crippen molar-refractivity contribution in [3.8, 4) is 0 Å². The van der Waals surface area contributed by atoms with E-state index in [1.54, 1.807) is 0 Å². The van der Waals surface area contributed by atoms with Gasteiger partial charge in [0.15, 0.2) is 0 Å². The van der Waals surface area contributed by atoms with Crippen LogP contribution in [0.2, 0.25) is 5.02 Å². The summed E-state index contributed by atoms with van der Waals surface area (Å²) >= 11 is 5.83. The van der Waals surface area contributed by atoms with Crippen molar-refractivity contribution in [1.29, 1.82) is 0 Å². The molecule has 0 fully saturated rings. The van der Waals surface area contributed by atoms with Gasteiger partial charge in [-0.15, -0.1) is 0 Å². The van der Waals surface area contributed by atoms with Crippen molar-refractivity contribution >= 4 is 17.6 Å². The van der Waals surface area contributed by atoms with Crippen molar-refractivity contribution in [3.63, 3.8) is 0 Å². The molecule has 0 radical (unpaired) electrons. The summed E-state index contributed by atoms with van der Waals surface area (Å²) in [7, 11) is 0. The summed E-state index contributed by atoms with van der Waals surface area (Å²) in [6, 6.07) is 3.47. The minimum atomic E-state index is -1.70. The van der Waals surface area contributed by atoms with Crippen molar-refractivity contribution in [3.05, 3.63) is 34.6 Å². The number of benzene rings is 1. The summed E-state index contributed by atoms with van der Waals surface area (Å²) in [6.45, 7) is 4.12. The molecule has 0 bridgehead atoms. The van der Waals surface area contributed by atoms with Gasteiger partial charge in [-0.25, -0.2) is 4.39 Å². The SMILES string of the molecule is CC(C)(C(=O)O)C(C)(O)c1ccc(F)cc1Cl. The maximum atomic E-state index is 12.9. The van der Waals surface area contributed by atoms with Gasteiger partial charge in [0.05, 0.1) is 5.41 Å². The predicted octanol–water partition coefficient (Wildman–Crippen LogP) is 2.80. The Bertz CT molecular complexity index is 455. The number of carboxylic acid groups (broad SMARTS) is 1.